The van der Waals surface area contributed by atoms with Crippen LogP contribution >= 0.6 is 15.9 Å². The molecule has 7 heteroatoms. The van der Waals surface area contributed by atoms with E-state index in [1.165, 1.54) is 43.2 Å². The van der Waals surface area contributed by atoms with Crippen molar-refractivity contribution < 1.29 is 4.79 Å². The monoisotopic (exact) mass is 516 g/mol. The zero-order valence-corrected chi connectivity index (χ0v) is 21.6. The molecule has 1 aromatic rings. The summed E-state index contributed by atoms with van der Waals surface area (Å²) in [5, 5.41) is 11.3. The van der Waals surface area contributed by atoms with Crippen LogP contribution in [0.4, 0.5) is 5.69 Å². The van der Waals surface area contributed by atoms with Gasteiger partial charge in [-0.3, -0.25) is 9.59 Å². The van der Waals surface area contributed by atoms with Crippen molar-refractivity contribution in [2.45, 2.75) is 84.3 Å². The number of nitrogens with one attached hydrogen (secondary N) is 2. The third kappa shape index (κ3) is 3.59. The lowest BCUT2D eigenvalue weighted by Crippen LogP contribution is -2.58. The SMILES string of the molecule is C[C@@H]1[C@H]2C[C@@H](C[C@H]1Nc1cnn(CC(=O)NC3C4CC5CC(C4)CC3C5)c(=O)c1Br)C2(C)C. The van der Waals surface area contributed by atoms with Crippen molar-refractivity contribution in [1.29, 1.82) is 0 Å². The van der Waals surface area contributed by atoms with E-state index in [0.717, 1.165) is 35.8 Å². The first-order valence-electron chi connectivity index (χ1n) is 13.0. The molecule has 6 nitrogen and oxygen atoms in total. The van der Waals surface area contributed by atoms with Crippen LogP contribution in [0.15, 0.2) is 15.5 Å². The van der Waals surface area contributed by atoms with Crippen LogP contribution in [0.1, 0.15) is 65.7 Å². The van der Waals surface area contributed by atoms with E-state index in [4.69, 9.17) is 0 Å². The Morgan fingerprint density at radius 3 is 2.39 bits per heavy atom. The number of hydrogen-bond acceptors (Lipinski definition) is 4. The van der Waals surface area contributed by atoms with Crippen LogP contribution in [0.25, 0.3) is 0 Å². The van der Waals surface area contributed by atoms with E-state index in [0.29, 0.717) is 33.7 Å². The smallest absolute Gasteiger partial charge is 0.283 e. The van der Waals surface area contributed by atoms with Gasteiger partial charge in [0.1, 0.15) is 11.0 Å². The number of aromatic nitrogens is 2. The van der Waals surface area contributed by atoms with Gasteiger partial charge < -0.3 is 10.6 Å². The molecule has 33 heavy (non-hydrogen) atoms. The number of rotatable bonds is 5. The molecule has 8 rings (SSSR count). The summed E-state index contributed by atoms with van der Waals surface area (Å²) in [6.45, 7) is 7.10. The van der Waals surface area contributed by atoms with Gasteiger partial charge in [-0.15, -0.1) is 0 Å². The summed E-state index contributed by atoms with van der Waals surface area (Å²) >= 11 is 3.50. The van der Waals surface area contributed by atoms with Crippen molar-refractivity contribution >= 4 is 27.5 Å². The lowest BCUT2D eigenvalue weighted by atomic mass is 9.45. The van der Waals surface area contributed by atoms with Gasteiger partial charge >= 0.3 is 0 Å². The van der Waals surface area contributed by atoms with E-state index in [-0.39, 0.29) is 24.1 Å². The Labute approximate surface area is 204 Å². The van der Waals surface area contributed by atoms with Crippen LogP contribution in [0.3, 0.4) is 0 Å². The molecule has 1 heterocycles. The number of nitrogens with zero attached hydrogens (tertiary/aromatic N) is 2. The van der Waals surface area contributed by atoms with Gasteiger partial charge in [0.25, 0.3) is 5.56 Å². The lowest BCUT2D eigenvalue weighted by molar-refractivity contribution is -0.125. The zero-order chi connectivity index (χ0) is 23.1. The quantitative estimate of drug-likeness (QED) is 0.606. The number of carbonyl (C=O) groups excluding carboxylic acids is 1. The average molecular weight is 518 g/mol. The summed E-state index contributed by atoms with van der Waals surface area (Å²) in [5.41, 5.74) is 0.934. The maximum absolute atomic E-state index is 13.0. The maximum Gasteiger partial charge on any atom is 0.283 e. The third-order valence-corrected chi connectivity index (χ3v) is 11.3. The van der Waals surface area contributed by atoms with E-state index in [1.807, 2.05) is 0 Å². The van der Waals surface area contributed by atoms with Gasteiger partial charge in [-0.1, -0.05) is 20.8 Å². The predicted octanol–water partition coefficient (Wildman–Crippen LogP) is 4.43. The van der Waals surface area contributed by atoms with E-state index in [9.17, 15) is 9.59 Å². The fourth-order valence-electron chi connectivity index (χ4n) is 8.75. The number of anilines is 1. The second-order valence-corrected chi connectivity index (χ2v) is 13.4. The second kappa shape index (κ2) is 7.82. The Hall–Kier alpha value is -1.37. The van der Waals surface area contributed by atoms with Gasteiger partial charge in [0.15, 0.2) is 0 Å². The molecule has 0 radical (unpaired) electrons. The fourth-order valence-corrected chi connectivity index (χ4v) is 9.17. The lowest BCUT2D eigenvalue weighted by Gasteiger charge is -2.62. The van der Waals surface area contributed by atoms with Gasteiger partial charge in [-0.25, -0.2) is 4.68 Å². The number of fused-ring (bicyclic) bond motifs is 2. The normalized spacial score (nSPS) is 42.0. The molecule has 7 fully saturated rings. The number of carbonyl (C=O) groups is 1. The van der Waals surface area contributed by atoms with E-state index in [1.54, 1.807) is 6.20 Å². The minimum Gasteiger partial charge on any atom is -0.380 e. The average Bonchev–Trinajstić information content (AvgIpc) is 2.76. The summed E-state index contributed by atoms with van der Waals surface area (Å²) in [7, 11) is 0. The molecule has 6 bridgehead atoms. The van der Waals surface area contributed by atoms with Crippen LogP contribution < -0.4 is 16.2 Å². The van der Waals surface area contributed by atoms with Crippen LogP contribution in [0.2, 0.25) is 0 Å². The van der Waals surface area contributed by atoms with Crippen molar-refractivity contribution in [3.63, 3.8) is 0 Å². The third-order valence-electron chi connectivity index (χ3n) is 10.5. The van der Waals surface area contributed by atoms with Gasteiger partial charge in [0, 0.05) is 12.1 Å². The molecule has 1 aromatic heterocycles. The Morgan fingerprint density at radius 1 is 1.12 bits per heavy atom. The van der Waals surface area contributed by atoms with Gasteiger partial charge in [0.05, 0.1) is 11.9 Å². The van der Waals surface area contributed by atoms with Crippen molar-refractivity contribution in [2.75, 3.05) is 5.32 Å². The second-order valence-electron chi connectivity index (χ2n) is 12.6. The zero-order valence-electron chi connectivity index (χ0n) is 20.0. The van der Waals surface area contributed by atoms with Crippen LogP contribution in [0, 0.1) is 46.8 Å². The van der Waals surface area contributed by atoms with Crippen LogP contribution in [-0.2, 0) is 11.3 Å². The summed E-state index contributed by atoms with van der Waals surface area (Å²) in [4.78, 5) is 25.9. The molecule has 1 amide bonds. The molecule has 0 spiro atoms. The highest BCUT2D eigenvalue weighted by Crippen LogP contribution is 2.61. The van der Waals surface area contributed by atoms with Gasteiger partial charge in [0.2, 0.25) is 5.91 Å². The number of amides is 1. The molecular formula is C26H37BrN4O2. The molecule has 0 saturated heterocycles. The van der Waals surface area contributed by atoms with Gasteiger partial charge in [-0.2, -0.15) is 5.10 Å². The van der Waals surface area contributed by atoms with Gasteiger partial charge in [-0.05, 0) is 108 Å². The van der Waals surface area contributed by atoms with Crippen molar-refractivity contribution in [3.8, 4) is 0 Å². The molecule has 180 valence electrons. The fraction of sp³-hybridized carbons (Fsp3) is 0.808. The Bertz CT molecular complexity index is 992. The highest BCUT2D eigenvalue weighted by molar-refractivity contribution is 9.10. The molecule has 4 atom stereocenters. The minimum absolute atomic E-state index is 0.0152. The number of hydrogen-bond donors (Lipinski definition) is 2. The first kappa shape index (κ1) is 22.1. The topological polar surface area (TPSA) is 76.0 Å². The van der Waals surface area contributed by atoms with E-state index < -0.39 is 0 Å². The molecule has 7 aliphatic carbocycles. The highest BCUT2D eigenvalue weighted by Gasteiger charge is 2.56. The highest BCUT2D eigenvalue weighted by atomic mass is 79.9. The summed E-state index contributed by atoms with van der Waals surface area (Å²) in [6, 6.07) is 0.643. The molecule has 0 unspecified atom stereocenters. The molecule has 0 aliphatic heterocycles. The standard InChI is InChI=1S/C26H37BrN4O2/c1-13-19-9-18(26(19,2)3)10-20(13)29-21-11-28-31(25(33)23(21)27)12-22(32)30-24-16-5-14-4-15(7-16)8-17(24)6-14/h11,13-20,24,29H,4-10,12H2,1-3H3,(H,30,32)/t13-,14?,15?,16?,17?,18+,19-,20-,24?/m1/s1. The number of halogens is 1. The maximum atomic E-state index is 13.0. The molecular weight excluding hydrogens is 480 g/mol. The summed E-state index contributed by atoms with van der Waals surface area (Å²) in [6.07, 6.45) is 10.6. The molecule has 0 aromatic carbocycles. The summed E-state index contributed by atoms with van der Waals surface area (Å²) in [5.74, 6) is 4.97. The molecule has 7 saturated carbocycles. The van der Waals surface area contributed by atoms with Crippen molar-refractivity contribution in [3.05, 3.63) is 21.0 Å². The Kier molecular flexibility index (Phi) is 5.24. The van der Waals surface area contributed by atoms with Crippen molar-refractivity contribution in [2.24, 2.45) is 46.8 Å². The largest absolute Gasteiger partial charge is 0.380 e. The first-order chi connectivity index (χ1) is 15.7. The van der Waals surface area contributed by atoms with E-state index in [2.05, 4.69) is 52.4 Å². The summed E-state index contributed by atoms with van der Waals surface area (Å²) < 4.78 is 1.77. The first-order valence-corrected chi connectivity index (χ1v) is 13.8. The Balaban J connectivity index is 1.11. The Morgan fingerprint density at radius 2 is 1.79 bits per heavy atom. The predicted molar refractivity (Wildman–Crippen MR) is 132 cm³/mol. The van der Waals surface area contributed by atoms with Crippen LogP contribution in [-0.4, -0.2) is 27.8 Å². The van der Waals surface area contributed by atoms with Crippen LogP contribution in [0.5, 0.6) is 0 Å². The van der Waals surface area contributed by atoms with Crippen molar-refractivity contribution in [1.82, 2.24) is 15.1 Å². The molecule has 7 aliphatic rings. The van der Waals surface area contributed by atoms with E-state index >= 15 is 0 Å². The molecule has 2 N–H and O–H groups in total. The minimum atomic E-state index is -0.241.